The molecule has 0 saturated heterocycles. The number of halogens is 1. The molecule has 3 aromatic heterocycles. The van der Waals surface area contributed by atoms with Crippen LogP contribution in [0.3, 0.4) is 0 Å². The highest BCUT2D eigenvalue weighted by Gasteiger charge is 2.18. The number of benzene rings is 1. The van der Waals surface area contributed by atoms with E-state index in [1.807, 2.05) is 13.0 Å². The Labute approximate surface area is 135 Å². The van der Waals surface area contributed by atoms with Crippen molar-refractivity contribution in [1.82, 2.24) is 30.2 Å². The van der Waals surface area contributed by atoms with Crippen LogP contribution in [0.25, 0.3) is 28.7 Å². The van der Waals surface area contributed by atoms with Crippen molar-refractivity contribution in [2.75, 3.05) is 0 Å². The van der Waals surface area contributed by atoms with Crippen LogP contribution in [0.5, 0.6) is 0 Å². The van der Waals surface area contributed by atoms with Gasteiger partial charge in [0, 0.05) is 12.4 Å². The fourth-order valence-electron chi connectivity index (χ4n) is 2.28. The average molecular weight is 322 g/mol. The highest BCUT2D eigenvalue weighted by atomic mass is 19.1. The Bertz CT molecular complexity index is 977. The first kappa shape index (κ1) is 14.2. The molecular weight excluding hydrogens is 311 g/mol. The summed E-state index contributed by atoms with van der Waals surface area (Å²) in [5, 5.41) is 16.2. The molecule has 0 amide bonds. The molecule has 0 spiro atoms. The monoisotopic (exact) mass is 322 g/mol. The van der Waals surface area contributed by atoms with Crippen LogP contribution in [0, 0.1) is 12.7 Å². The topological polar surface area (TPSA) is 82.5 Å². The van der Waals surface area contributed by atoms with Gasteiger partial charge >= 0.3 is 0 Å². The zero-order chi connectivity index (χ0) is 16.5. The van der Waals surface area contributed by atoms with E-state index in [0.29, 0.717) is 23.0 Å². The number of aromatic nitrogens is 6. The van der Waals surface area contributed by atoms with Crippen LogP contribution in [-0.4, -0.2) is 30.2 Å². The minimum absolute atomic E-state index is 0.264. The zero-order valence-corrected chi connectivity index (χ0v) is 12.6. The normalized spacial score (nSPS) is 10.9. The van der Waals surface area contributed by atoms with Crippen LogP contribution in [0.15, 0.2) is 53.2 Å². The van der Waals surface area contributed by atoms with E-state index < -0.39 is 0 Å². The summed E-state index contributed by atoms with van der Waals surface area (Å²) in [5.41, 5.74) is 2.60. The smallest absolute Gasteiger partial charge is 0.270 e. The van der Waals surface area contributed by atoms with Crippen molar-refractivity contribution >= 4 is 0 Å². The third-order valence-electron chi connectivity index (χ3n) is 3.50. The molecule has 0 aliphatic heterocycles. The Hall–Kier alpha value is -3.42. The zero-order valence-electron chi connectivity index (χ0n) is 12.6. The lowest BCUT2D eigenvalue weighted by Gasteiger charge is -2.02. The molecule has 0 radical (unpaired) electrons. The molecule has 3 heterocycles. The molecule has 4 rings (SSSR count). The van der Waals surface area contributed by atoms with Gasteiger partial charge in [-0.05, 0) is 43.3 Å². The van der Waals surface area contributed by atoms with Gasteiger partial charge in [0.25, 0.3) is 5.89 Å². The lowest BCUT2D eigenvalue weighted by molar-refractivity contribution is 0.581. The van der Waals surface area contributed by atoms with Gasteiger partial charge in [0.1, 0.15) is 5.82 Å². The predicted molar refractivity (Wildman–Crippen MR) is 82.6 cm³/mol. The van der Waals surface area contributed by atoms with Crippen LogP contribution < -0.4 is 0 Å². The number of pyridine rings is 1. The summed E-state index contributed by atoms with van der Waals surface area (Å²) in [6, 6.07) is 9.58. The van der Waals surface area contributed by atoms with Crippen molar-refractivity contribution < 1.29 is 8.81 Å². The molecule has 0 aliphatic carbocycles. The minimum atomic E-state index is -0.310. The largest absolute Gasteiger partial charge is 0.414 e. The van der Waals surface area contributed by atoms with E-state index in [0.717, 1.165) is 5.56 Å². The Morgan fingerprint density at radius 1 is 1.00 bits per heavy atom. The van der Waals surface area contributed by atoms with Crippen molar-refractivity contribution in [3.63, 3.8) is 0 Å². The summed E-state index contributed by atoms with van der Waals surface area (Å²) in [7, 11) is 0. The lowest BCUT2D eigenvalue weighted by atomic mass is 10.3. The van der Waals surface area contributed by atoms with Gasteiger partial charge < -0.3 is 4.42 Å². The molecule has 24 heavy (non-hydrogen) atoms. The van der Waals surface area contributed by atoms with E-state index in [4.69, 9.17) is 4.42 Å². The van der Waals surface area contributed by atoms with Gasteiger partial charge in [-0.25, -0.2) is 9.07 Å². The first-order chi connectivity index (χ1) is 11.7. The van der Waals surface area contributed by atoms with Crippen LogP contribution in [0.1, 0.15) is 5.69 Å². The quantitative estimate of drug-likeness (QED) is 0.577. The van der Waals surface area contributed by atoms with Crippen LogP contribution in [0.2, 0.25) is 0 Å². The second-order valence-corrected chi connectivity index (χ2v) is 5.07. The Kier molecular flexibility index (Phi) is 3.34. The van der Waals surface area contributed by atoms with Crippen molar-refractivity contribution in [1.29, 1.82) is 0 Å². The number of hydrogen-bond donors (Lipinski definition) is 0. The molecule has 0 atom stereocenters. The van der Waals surface area contributed by atoms with E-state index in [2.05, 4.69) is 25.5 Å². The predicted octanol–water partition coefficient (Wildman–Crippen LogP) is 2.83. The van der Waals surface area contributed by atoms with Crippen LogP contribution in [0.4, 0.5) is 4.39 Å². The summed E-state index contributed by atoms with van der Waals surface area (Å²) in [6.07, 6.45) is 3.30. The van der Waals surface area contributed by atoms with Crippen molar-refractivity contribution in [2.45, 2.75) is 6.92 Å². The molecule has 0 unspecified atom stereocenters. The molecule has 1 aromatic carbocycles. The standard InChI is InChI=1S/C16H11FN6O/c1-10-14(19-22-23(10)13-6-4-12(17)5-7-13)16-21-20-15(24-16)11-3-2-8-18-9-11/h2-9H,1H3. The van der Waals surface area contributed by atoms with E-state index in [1.165, 1.54) is 12.1 Å². The Morgan fingerprint density at radius 2 is 1.79 bits per heavy atom. The maximum atomic E-state index is 13.1. The summed E-state index contributed by atoms with van der Waals surface area (Å²) in [5.74, 6) is 0.309. The Balaban J connectivity index is 1.71. The first-order valence-corrected chi connectivity index (χ1v) is 7.15. The molecule has 8 heteroatoms. The second kappa shape index (κ2) is 5.65. The summed E-state index contributed by atoms with van der Waals surface area (Å²) in [6.45, 7) is 1.83. The van der Waals surface area contributed by atoms with Crippen LogP contribution in [-0.2, 0) is 0 Å². The molecule has 0 saturated carbocycles. The van der Waals surface area contributed by atoms with Gasteiger partial charge in [0.2, 0.25) is 5.89 Å². The number of hydrogen-bond acceptors (Lipinski definition) is 6. The maximum absolute atomic E-state index is 13.1. The van der Waals surface area contributed by atoms with Crippen LogP contribution >= 0.6 is 0 Å². The summed E-state index contributed by atoms with van der Waals surface area (Å²) in [4.78, 5) is 4.02. The molecule has 0 N–H and O–H groups in total. The van der Waals surface area contributed by atoms with E-state index in [9.17, 15) is 4.39 Å². The highest BCUT2D eigenvalue weighted by Crippen LogP contribution is 2.25. The van der Waals surface area contributed by atoms with Crippen molar-refractivity contribution in [2.24, 2.45) is 0 Å². The summed E-state index contributed by atoms with van der Waals surface area (Å²) >= 11 is 0. The van der Waals surface area contributed by atoms with Gasteiger partial charge in [-0.1, -0.05) is 5.21 Å². The summed E-state index contributed by atoms with van der Waals surface area (Å²) < 4.78 is 20.3. The molecule has 7 nitrogen and oxygen atoms in total. The van der Waals surface area contributed by atoms with E-state index >= 15 is 0 Å². The molecule has 4 aromatic rings. The van der Waals surface area contributed by atoms with Crippen molar-refractivity contribution in [3.8, 4) is 28.7 Å². The molecule has 0 aliphatic rings. The average Bonchev–Trinajstić information content (AvgIpc) is 3.23. The van der Waals surface area contributed by atoms with Gasteiger partial charge in [0.15, 0.2) is 5.69 Å². The third kappa shape index (κ3) is 2.43. The van der Waals surface area contributed by atoms with E-state index in [1.54, 1.807) is 35.3 Å². The first-order valence-electron chi connectivity index (χ1n) is 7.15. The van der Waals surface area contributed by atoms with Gasteiger partial charge in [-0.15, -0.1) is 15.3 Å². The van der Waals surface area contributed by atoms with E-state index in [-0.39, 0.29) is 11.7 Å². The second-order valence-electron chi connectivity index (χ2n) is 5.07. The number of nitrogens with zero attached hydrogens (tertiary/aromatic N) is 6. The van der Waals surface area contributed by atoms with Gasteiger partial charge in [0.05, 0.1) is 16.9 Å². The third-order valence-corrected chi connectivity index (χ3v) is 3.50. The molecule has 0 bridgehead atoms. The molecular formula is C16H11FN6O. The SMILES string of the molecule is Cc1c(-c2nnc(-c3cccnc3)o2)nnn1-c1ccc(F)cc1. The molecule has 0 fully saturated rings. The van der Waals surface area contributed by atoms with Gasteiger partial charge in [-0.2, -0.15) is 0 Å². The fraction of sp³-hybridized carbons (Fsp3) is 0.0625. The Morgan fingerprint density at radius 3 is 2.54 bits per heavy atom. The van der Waals surface area contributed by atoms with Crippen molar-refractivity contribution in [3.05, 3.63) is 60.3 Å². The molecule has 118 valence electrons. The maximum Gasteiger partial charge on any atom is 0.270 e. The fourth-order valence-corrected chi connectivity index (χ4v) is 2.28. The number of rotatable bonds is 3. The lowest BCUT2D eigenvalue weighted by Crippen LogP contribution is -1.99. The highest BCUT2D eigenvalue weighted by molar-refractivity contribution is 5.56. The minimum Gasteiger partial charge on any atom is -0.414 e. The van der Waals surface area contributed by atoms with Gasteiger partial charge in [-0.3, -0.25) is 4.98 Å².